The minimum Gasteiger partial charge on any atom is -0.381 e. The minimum atomic E-state index is 0.0859. The molecule has 0 aromatic carbocycles. The Morgan fingerprint density at radius 1 is 1.44 bits per heavy atom. The number of carbonyl (C=O) groups is 1. The molecule has 3 nitrogen and oxygen atoms in total. The summed E-state index contributed by atoms with van der Waals surface area (Å²) in [6, 6.07) is 0. The van der Waals surface area contributed by atoms with E-state index in [1.807, 2.05) is 0 Å². The normalized spacial score (nSPS) is 18.4. The Kier molecular flexibility index (Phi) is 5.56. The van der Waals surface area contributed by atoms with Crippen molar-refractivity contribution in [1.29, 1.82) is 0 Å². The molecule has 1 amide bonds. The van der Waals surface area contributed by atoms with Gasteiger partial charge in [-0.1, -0.05) is 13.8 Å². The highest BCUT2D eigenvalue weighted by molar-refractivity contribution is 6.17. The molecule has 0 radical (unpaired) electrons. The number of carbonyl (C=O) groups excluding carboxylic acids is 1. The van der Waals surface area contributed by atoms with Crippen LogP contribution >= 0.6 is 11.6 Å². The van der Waals surface area contributed by atoms with Gasteiger partial charge in [0.05, 0.1) is 0 Å². The maximum absolute atomic E-state index is 11.8. The van der Waals surface area contributed by atoms with E-state index in [2.05, 4.69) is 19.2 Å². The fourth-order valence-corrected chi connectivity index (χ4v) is 2.29. The van der Waals surface area contributed by atoms with E-state index in [0.717, 1.165) is 19.3 Å². The quantitative estimate of drug-likeness (QED) is 0.757. The van der Waals surface area contributed by atoms with E-state index in [1.165, 1.54) is 0 Å². The average molecular weight is 248 g/mol. The molecule has 0 aromatic heterocycles. The number of alkyl halides is 1. The number of hydrogen-bond acceptors (Lipinski definition) is 2. The fourth-order valence-electron chi connectivity index (χ4n) is 1.77. The lowest BCUT2D eigenvalue weighted by Gasteiger charge is -2.26. The van der Waals surface area contributed by atoms with Crippen molar-refractivity contribution in [2.45, 2.75) is 33.1 Å². The van der Waals surface area contributed by atoms with Crippen molar-refractivity contribution in [3.8, 4) is 0 Å². The van der Waals surface area contributed by atoms with Crippen molar-refractivity contribution < 1.29 is 9.53 Å². The van der Waals surface area contributed by atoms with Gasteiger partial charge < -0.3 is 10.1 Å². The number of hydrogen-bond donors (Lipinski definition) is 1. The van der Waals surface area contributed by atoms with Gasteiger partial charge in [-0.25, -0.2) is 0 Å². The molecule has 0 bridgehead atoms. The Morgan fingerprint density at radius 3 is 2.62 bits per heavy atom. The first-order chi connectivity index (χ1) is 7.55. The molecule has 94 valence electrons. The molecule has 0 aliphatic carbocycles. The van der Waals surface area contributed by atoms with Gasteiger partial charge in [0.1, 0.15) is 0 Å². The summed E-state index contributed by atoms with van der Waals surface area (Å²) in [7, 11) is 0. The van der Waals surface area contributed by atoms with Gasteiger partial charge in [0, 0.05) is 31.6 Å². The van der Waals surface area contributed by atoms with Crippen LogP contribution in [0.3, 0.4) is 0 Å². The van der Waals surface area contributed by atoms with Gasteiger partial charge in [0.25, 0.3) is 0 Å². The molecular formula is C12H22ClNO2. The lowest BCUT2D eigenvalue weighted by atomic mass is 9.89. The second kappa shape index (κ2) is 6.45. The Balaban J connectivity index is 2.28. The molecule has 1 rings (SSSR count). The first kappa shape index (κ1) is 13.8. The molecule has 0 spiro atoms. The minimum absolute atomic E-state index is 0.0859. The largest absolute Gasteiger partial charge is 0.381 e. The van der Waals surface area contributed by atoms with Gasteiger partial charge >= 0.3 is 0 Å². The van der Waals surface area contributed by atoms with Crippen molar-refractivity contribution in [3.63, 3.8) is 0 Å². The van der Waals surface area contributed by atoms with E-state index >= 15 is 0 Å². The lowest BCUT2D eigenvalue weighted by Crippen LogP contribution is -2.39. The van der Waals surface area contributed by atoms with Crippen molar-refractivity contribution in [2.75, 3.05) is 25.6 Å². The van der Waals surface area contributed by atoms with Crippen LogP contribution in [0.1, 0.15) is 33.1 Å². The number of nitrogens with one attached hydrogen (secondary N) is 1. The Morgan fingerprint density at radius 2 is 2.06 bits per heavy atom. The molecule has 1 saturated heterocycles. The smallest absolute Gasteiger partial charge is 0.223 e. The van der Waals surface area contributed by atoms with Crippen molar-refractivity contribution in [3.05, 3.63) is 0 Å². The molecular weight excluding hydrogens is 226 g/mol. The van der Waals surface area contributed by atoms with E-state index in [-0.39, 0.29) is 17.2 Å². The van der Waals surface area contributed by atoms with Crippen LogP contribution in [0.5, 0.6) is 0 Å². The van der Waals surface area contributed by atoms with Gasteiger partial charge in [0.2, 0.25) is 5.91 Å². The van der Waals surface area contributed by atoms with Gasteiger partial charge in [0.15, 0.2) is 0 Å². The second-order valence-corrected chi connectivity index (χ2v) is 5.59. The number of amides is 1. The van der Waals surface area contributed by atoms with Crippen LogP contribution in [0, 0.1) is 11.3 Å². The maximum atomic E-state index is 11.8. The number of rotatable bonds is 5. The van der Waals surface area contributed by atoms with Gasteiger partial charge in [-0.15, -0.1) is 11.6 Å². The summed E-state index contributed by atoms with van der Waals surface area (Å²) >= 11 is 5.72. The summed E-state index contributed by atoms with van der Waals surface area (Å²) < 4.78 is 5.24. The predicted molar refractivity (Wildman–Crippen MR) is 65.7 cm³/mol. The SMILES string of the molecule is CC(C)(CCCl)CNC(=O)C1CCOCC1. The monoisotopic (exact) mass is 247 g/mol. The number of ether oxygens (including phenoxy) is 1. The molecule has 16 heavy (non-hydrogen) atoms. The van der Waals surface area contributed by atoms with Crippen LogP contribution in [0.25, 0.3) is 0 Å². The van der Waals surface area contributed by atoms with Crippen LogP contribution in [0.4, 0.5) is 0 Å². The van der Waals surface area contributed by atoms with Gasteiger partial charge in [-0.2, -0.15) is 0 Å². The molecule has 0 atom stereocenters. The molecule has 0 aromatic rings. The average Bonchev–Trinajstić information content (AvgIpc) is 2.27. The van der Waals surface area contributed by atoms with Crippen molar-refractivity contribution >= 4 is 17.5 Å². The molecule has 0 saturated carbocycles. The first-order valence-corrected chi connectivity index (χ1v) is 6.50. The summed E-state index contributed by atoms with van der Waals surface area (Å²) in [5, 5.41) is 3.02. The molecule has 4 heteroatoms. The Labute approximate surface area is 103 Å². The first-order valence-electron chi connectivity index (χ1n) is 5.96. The zero-order valence-electron chi connectivity index (χ0n) is 10.2. The third-order valence-corrected chi connectivity index (χ3v) is 3.29. The van der Waals surface area contributed by atoms with E-state index < -0.39 is 0 Å². The topological polar surface area (TPSA) is 38.3 Å². The highest BCUT2D eigenvalue weighted by Crippen LogP contribution is 2.20. The molecule has 1 fully saturated rings. The van der Waals surface area contributed by atoms with E-state index in [4.69, 9.17) is 16.3 Å². The van der Waals surface area contributed by atoms with Crippen LogP contribution in [-0.2, 0) is 9.53 Å². The highest BCUT2D eigenvalue weighted by atomic mass is 35.5. The Bertz CT molecular complexity index is 225. The van der Waals surface area contributed by atoms with Crippen molar-refractivity contribution in [1.82, 2.24) is 5.32 Å². The van der Waals surface area contributed by atoms with Crippen molar-refractivity contribution in [2.24, 2.45) is 11.3 Å². The summed E-state index contributed by atoms with van der Waals surface area (Å²) in [5.41, 5.74) is 0.0859. The summed E-state index contributed by atoms with van der Waals surface area (Å²) in [4.78, 5) is 11.8. The highest BCUT2D eigenvalue weighted by Gasteiger charge is 2.24. The molecule has 1 heterocycles. The second-order valence-electron chi connectivity index (χ2n) is 5.21. The summed E-state index contributed by atoms with van der Waals surface area (Å²) in [6.07, 6.45) is 2.62. The molecule has 0 unspecified atom stereocenters. The number of halogens is 1. The summed E-state index contributed by atoms with van der Waals surface area (Å²) in [6.45, 7) is 6.38. The summed E-state index contributed by atoms with van der Waals surface area (Å²) in [5.74, 6) is 0.951. The maximum Gasteiger partial charge on any atom is 0.223 e. The van der Waals surface area contributed by atoms with E-state index in [1.54, 1.807) is 0 Å². The molecule has 1 aliphatic rings. The third kappa shape index (κ3) is 4.71. The third-order valence-electron chi connectivity index (χ3n) is 3.10. The lowest BCUT2D eigenvalue weighted by molar-refractivity contribution is -0.128. The standard InChI is InChI=1S/C12H22ClNO2/c1-12(2,5-6-13)9-14-11(15)10-3-7-16-8-4-10/h10H,3-9H2,1-2H3,(H,14,15). The fraction of sp³-hybridized carbons (Fsp3) is 0.917. The molecule has 1 N–H and O–H groups in total. The zero-order chi connectivity index (χ0) is 12.0. The van der Waals surface area contributed by atoms with Gasteiger partial charge in [-0.3, -0.25) is 4.79 Å². The predicted octanol–water partition coefficient (Wildman–Crippen LogP) is 2.18. The van der Waals surface area contributed by atoms with E-state index in [0.29, 0.717) is 25.6 Å². The molecule has 1 aliphatic heterocycles. The Hall–Kier alpha value is -0.280. The van der Waals surface area contributed by atoms with Crippen LogP contribution in [0.15, 0.2) is 0 Å². The van der Waals surface area contributed by atoms with Crippen LogP contribution < -0.4 is 5.32 Å². The zero-order valence-corrected chi connectivity index (χ0v) is 11.0. The van der Waals surface area contributed by atoms with Crippen LogP contribution in [-0.4, -0.2) is 31.5 Å². The van der Waals surface area contributed by atoms with Gasteiger partial charge in [-0.05, 0) is 24.7 Å². The van der Waals surface area contributed by atoms with Crippen LogP contribution in [0.2, 0.25) is 0 Å². The van der Waals surface area contributed by atoms with E-state index in [9.17, 15) is 4.79 Å².